The molecule has 3 aromatic heterocycles. The van der Waals surface area contributed by atoms with Crippen molar-refractivity contribution in [1.82, 2.24) is 15.0 Å². The van der Waals surface area contributed by atoms with Gasteiger partial charge in [0.25, 0.3) is 0 Å². The van der Waals surface area contributed by atoms with E-state index in [-0.39, 0.29) is 0 Å². The minimum absolute atomic E-state index is 0.561. The van der Waals surface area contributed by atoms with Crippen molar-refractivity contribution in [2.45, 2.75) is 0 Å². The summed E-state index contributed by atoms with van der Waals surface area (Å²) in [6.07, 6.45) is 0. The first-order chi connectivity index (χ1) is 30.2. The summed E-state index contributed by atoms with van der Waals surface area (Å²) in [7, 11) is 0. The van der Waals surface area contributed by atoms with Crippen molar-refractivity contribution in [2.24, 2.45) is 0 Å². The highest BCUT2D eigenvalue weighted by Gasteiger charge is 2.21. The number of hydrogen-bond donors (Lipinski definition) is 0. The van der Waals surface area contributed by atoms with Crippen LogP contribution in [0.5, 0.6) is 0 Å². The SMILES string of the molecule is c1ccc(-c2cccc(N(c3ccccc3)c3ccc4c(c3)oc3cccc(-c5nc(-c6ccc7oc8ccccc8c7c6)nc(-c6cccc7ccccc67)n5)c34)c2)cc1. The second kappa shape index (κ2) is 14.2. The Morgan fingerprint density at radius 1 is 0.311 bits per heavy atom. The van der Waals surface area contributed by atoms with Gasteiger partial charge in [0.05, 0.1) is 0 Å². The van der Waals surface area contributed by atoms with E-state index < -0.39 is 0 Å². The number of benzene rings is 9. The third-order valence-electron chi connectivity index (χ3n) is 11.5. The fraction of sp³-hybridized carbons (Fsp3) is 0. The van der Waals surface area contributed by atoms with Crippen LogP contribution in [0, 0.1) is 0 Å². The number of aromatic nitrogens is 3. The van der Waals surface area contributed by atoms with Crippen LogP contribution in [-0.2, 0) is 0 Å². The van der Waals surface area contributed by atoms with Gasteiger partial charge in [-0.15, -0.1) is 0 Å². The van der Waals surface area contributed by atoms with Crippen LogP contribution in [0.2, 0.25) is 0 Å². The summed E-state index contributed by atoms with van der Waals surface area (Å²) in [5, 5.41) is 6.16. The Bertz CT molecular complexity index is 3610. The predicted molar refractivity (Wildman–Crippen MR) is 248 cm³/mol. The molecule has 0 bridgehead atoms. The van der Waals surface area contributed by atoms with Crippen molar-refractivity contribution >= 4 is 71.7 Å². The normalized spacial score (nSPS) is 11.6. The molecule has 0 spiro atoms. The van der Waals surface area contributed by atoms with Crippen LogP contribution >= 0.6 is 0 Å². The van der Waals surface area contributed by atoms with Gasteiger partial charge in [0.2, 0.25) is 0 Å². The van der Waals surface area contributed by atoms with E-state index in [1.54, 1.807) is 0 Å². The van der Waals surface area contributed by atoms with Crippen LogP contribution in [0.4, 0.5) is 17.1 Å². The molecule has 12 aromatic rings. The molecule has 0 aliphatic carbocycles. The molecule has 61 heavy (non-hydrogen) atoms. The molecular weight excluding hydrogens is 749 g/mol. The molecule has 0 amide bonds. The smallest absolute Gasteiger partial charge is 0.164 e. The van der Waals surface area contributed by atoms with Gasteiger partial charge in [0.15, 0.2) is 17.5 Å². The van der Waals surface area contributed by atoms with Crippen LogP contribution in [0.1, 0.15) is 0 Å². The molecular formula is C55H34N4O2. The lowest BCUT2D eigenvalue weighted by atomic mass is 10.0. The molecule has 6 heteroatoms. The predicted octanol–water partition coefficient (Wildman–Crippen LogP) is 15.0. The number of para-hydroxylation sites is 2. The minimum Gasteiger partial charge on any atom is -0.456 e. The van der Waals surface area contributed by atoms with Crippen molar-refractivity contribution in [3.63, 3.8) is 0 Å². The lowest BCUT2D eigenvalue weighted by Crippen LogP contribution is -2.09. The monoisotopic (exact) mass is 782 g/mol. The Labute approximate surface area is 350 Å². The highest BCUT2D eigenvalue weighted by atomic mass is 16.3. The molecule has 286 valence electrons. The van der Waals surface area contributed by atoms with Gasteiger partial charge in [-0.25, -0.2) is 15.0 Å². The van der Waals surface area contributed by atoms with E-state index in [1.807, 2.05) is 54.6 Å². The van der Waals surface area contributed by atoms with Crippen molar-refractivity contribution in [2.75, 3.05) is 4.90 Å². The number of hydrogen-bond acceptors (Lipinski definition) is 6. The third-order valence-corrected chi connectivity index (χ3v) is 11.5. The van der Waals surface area contributed by atoms with Crippen molar-refractivity contribution in [1.29, 1.82) is 0 Å². The Balaban J connectivity index is 1.04. The number of fused-ring (bicyclic) bond motifs is 7. The van der Waals surface area contributed by atoms with E-state index in [4.69, 9.17) is 23.8 Å². The summed E-state index contributed by atoms with van der Waals surface area (Å²) in [6, 6.07) is 71.0. The minimum atomic E-state index is 0.561. The van der Waals surface area contributed by atoms with Crippen molar-refractivity contribution in [3.8, 4) is 45.3 Å². The van der Waals surface area contributed by atoms with E-state index in [0.29, 0.717) is 17.5 Å². The summed E-state index contributed by atoms with van der Waals surface area (Å²) in [5.74, 6) is 1.73. The molecule has 0 radical (unpaired) electrons. The van der Waals surface area contributed by atoms with Gasteiger partial charge in [-0.05, 0) is 88.6 Å². The van der Waals surface area contributed by atoms with Gasteiger partial charge in [-0.1, -0.05) is 133 Å². The van der Waals surface area contributed by atoms with E-state index in [0.717, 1.165) is 94.0 Å². The average Bonchev–Trinajstić information content (AvgIpc) is 3.90. The van der Waals surface area contributed by atoms with E-state index in [2.05, 4.69) is 157 Å². The van der Waals surface area contributed by atoms with E-state index in [9.17, 15) is 0 Å². The van der Waals surface area contributed by atoms with Gasteiger partial charge in [0.1, 0.15) is 22.3 Å². The molecule has 0 atom stereocenters. The Morgan fingerprint density at radius 3 is 1.80 bits per heavy atom. The number of rotatable bonds is 7. The van der Waals surface area contributed by atoms with Crippen LogP contribution in [0.3, 0.4) is 0 Å². The lowest BCUT2D eigenvalue weighted by molar-refractivity contribution is 0.668. The zero-order chi connectivity index (χ0) is 40.3. The first kappa shape index (κ1) is 34.7. The fourth-order valence-corrected chi connectivity index (χ4v) is 8.65. The second-order valence-corrected chi connectivity index (χ2v) is 15.2. The summed E-state index contributed by atoms with van der Waals surface area (Å²) in [6.45, 7) is 0. The second-order valence-electron chi connectivity index (χ2n) is 15.2. The average molecular weight is 783 g/mol. The molecule has 12 rings (SSSR count). The molecule has 0 aliphatic heterocycles. The standard InChI is InChI=1S/C55H34N4O2/c1-3-14-35(15-4-1)37-18-11-21-40(32-37)59(39-19-5-2-6-20-39)41-29-30-45-51(34-41)61-50-27-13-25-46(52(45)50)55-57-53(38-28-31-49-47(33-38)43-23-9-10-26-48(43)60-49)56-54(58-55)44-24-12-17-36-16-7-8-22-42(36)44/h1-34H. The molecule has 0 saturated heterocycles. The first-order valence-corrected chi connectivity index (χ1v) is 20.3. The number of anilines is 3. The van der Waals surface area contributed by atoms with Gasteiger partial charge in [0, 0.05) is 61.4 Å². The Morgan fingerprint density at radius 2 is 0.918 bits per heavy atom. The molecule has 0 unspecified atom stereocenters. The summed E-state index contributed by atoms with van der Waals surface area (Å²) in [4.78, 5) is 18.0. The Kier molecular flexibility index (Phi) is 8.06. The third kappa shape index (κ3) is 6.00. The molecule has 0 N–H and O–H groups in total. The van der Waals surface area contributed by atoms with Gasteiger partial charge < -0.3 is 13.7 Å². The zero-order valence-corrected chi connectivity index (χ0v) is 32.7. The van der Waals surface area contributed by atoms with Gasteiger partial charge in [-0.2, -0.15) is 0 Å². The molecule has 0 saturated carbocycles. The van der Waals surface area contributed by atoms with Crippen LogP contribution in [0.25, 0.3) is 99.9 Å². The highest BCUT2D eigenvalue weighted by Crippen LogP contribution is 2.42. The maximum atomic E-state index is 6.73. The largest absolute Gasteiger partial charge is 0.456 e. The van der Waals surface area contributed by atoms with Gasteiger partial charge in [-0.3, -0.25) is 0 Å². The van der Waals surface area contributed by atoms with E-state index >= 15 is 0 Å². The van der Waals surface area contributed by atoms with Crippen LogP contribution in [0.15, 0.2) is 215 Å². The highest BCUT2D eigenvalue weighted by molar-refractivity contribution is 6.13. The van der Waals surface area contributed by atoms with Crippen LogP contribution < -0.4 is 4.90 Å². The fourth-order valence-electron chi connectivity index (χ4n) is 8.65. The summed E-state index contributed by atoms with van der Waals surface area (Å²) >= 11 is 0. The van der Waals surface area contributed by atoms with E-state index in [1.165, 1.54) is 5.56 Å². The maximum absolute atomic E-state index is 6.73. The molecule has 0 aliphatic rings. The van der Waals surface area contributed by atoms with Crippen LogP contribution in [-0.4, -0.2) is 15.0 Å². The topological polar surface area (TPSA) is 68.2 Å². The van der Waals surface area contributed by atoms with Gasteiger partial charge >= 0.3 is 0 Å². The molecule has 0 fully saturated rings. The number of nitrogens with zero attached hydrogens (tertiary/aromatic N) is 4. The van der Waals surface area contributed by atoms with Crippen molar-refractivity contribution in [3.05, 3.63) is 206 Å². The molecule has 9 aromatic carbocycles. The maximum Gasteiger partial charge on any atom is 0.164 e. The molecule has 6 nitrogen and oxygen atoms in total. The lowest BCUT2D eigenvalue weighted by Gasteiger charge is -2.26. The molecule has 3 heterocycles. The number of furan rings is 2. The Hall–Kier alpha value is -8.35. The first-order valence-electron chi connectivity index (χ1n) is 20.3. The quantitative estimate of drug-likeness (QED) is 0.160. The van der Waals surface area contributed by atoms with Crippen molar-refractivity contribution < 1.29 is 8.83 Å². The summed E-state index contributed by atoms with van der Waals surface area (Å²) < 4.78 is 12.9. The summed E-state index contributed by atoms with van der Waals surface area (Å²) in [5.41, 5.74) is 11.2. The zero-order valence-electron chi connectivity index (χ0n) is 32.7.